The van der Waals surface area contributed by atoms with Crippen LogP contribution in [0.25, 0.3) is 0 Å². The molecule has 1 rings (SSSR count). The predicted molar refractivity (Wildman–Crippen MR) is 35.8 cm³/mol. The molecule has 0 saturated carbocycles. The van der Waals surface area contributed by atoms with Gasteiger partial charge in [0.15, 0.2) is 0 Å². The number of hydrogen-bond donors (Lipinski definition) is 1. The fourth-order valence-corrected chi connectivity index (χ4v) is 0.986. The van der Waals surface area contributed by atoms with E-state index in [1.807, 2.05) is 0 Å². The van der Waals surface area contributed by atoms with E-state index >= 15 is 0 Å². The van der Waals surface area contributed by atoms with E-state index in [1.54, 1.807) is 0 Å². The summed E-state index contributed by atoms with van der Waals surface area (Å²) in [6.45, 7) is 7.15. The highest BCUT2D eigenvalue weighted by atomic mass is 15.0. The van der Waals surface area contributed by atoms with Crippen LogP contribution in [0.2, 0.25) is 0 Å². The molecular formula is C7H13N. The van der Waals surface area contributed by atoms with Gasteiger partial charge >= 0.3 is 0 Å². The monoisotopic (exact) mass is 111 g/mol. The van der Waals surface area contributed by atoms with Crippen LogP contribution in [0.3, 0.4) is 0 Å². The molecule has 46 valence electrons. The Hall–Kier alpha value is -0.300. The first-order valence-electron chi connectivity index (χ1n) is 3.25. The van der Waals surface area contributed by atoms with E-state index in [1.165, 1.54) is 18.4 Å². The van der Waals surface area contributed by atoms with Crippen molar-refractivity contribution in [1.29, 1.82) is 0 Å². The molecule has 1 N–H and O–H groups in total. The van der Waals surface area contributed by atoms with Crippen molar-refractivity contribution >= 4 is 0 Å². The van der Waals surface area contributed by atoms with Crippen LogP contribution in [-0.4, -0.2) is 12.6 Å². The van der Waals surface area contributed by atoms with Gasteiger partial charge in [0.05, 0.1) is 0 Å². The molecule has 1 fully saturated rings. The van der Waals surface area contributed by atoms with Gasteiger partial charge in [-0.3, -0.25) is 0 Å². The average molecular weight is 111 g/mol. The van der Waals surface area contributed by atoms with Crippen LogP contribution in [0.15, 0.2) is 12.2 Å². The van der Waals surface area contributed by atoms with Crippen LogP contribution >= 0.6 is 0 Å². The van der Waals surface area contributed by atoms with Crippen LogP contribution in [0, 0.1) is 0 Å². The smallest absolute Gasteiger partial charge is 0.0292 e. The van der Waals surface area contributed by atoms with Crippen LogP contribution in [0.4, 0.5) is 0 Å². The summed E-state index contributed by atoms with van der Waals surface area (Å²) in [5.74, 6) is 0. The van der Waals surface area contributed by atoms with Gasteiger partial charge in [0.1, 0.15) is 0 Å². The highest BCUT2D eigenvalue weighted by Crippen LogP contribution is 2.13. The van der Waals surface area contributed by atoms with E-state index in [-0.39, 0.29) is 0 Å². The van der Waals surface area contributed by atoms with Gasteiger partial charge in [-0.2, -0.15) is 0 Å². The van der Waals surface area contributed by atoms with Crippen molar-refractivity contribution in [1.82, 2.24) is 5.32 Å². The molecule has 0 aromatic heterocycles. The number of hydrogen-bond acceptors (Lipinski definition) is 1. The molecule has 1 atom stereocenters. The van der Waals surface area contributed by atoms with Crippen molar-refractivity contribution < 1.29 is 0 Å². The summed E-state index contributed by atoms with van der Waals surface area (Å²) in [5, 5.41) is 3.30. The maximum atomic E-state index is 3.90. The van der Waals surface area contributed by atoms with Crippen LogP contribution in [0.5, 0.6) is 0 Å². The SMILES string of the molecule is C=C1CNC1CCC. The zero-order valence-corrected chi connectivity index (χ0v) is 5.41. The third-order valence-corrected chi connectivity index (χ3v) is 1.65. The fraction of sp³-hybridized carbons (Fsp3) is 0.714. The second-order valence-electron chi connectivity index (χ2n) is 2.38. The van der Waals surface area contributed by atoms with Gasteiger partial charge in [-0.05, 0) is 12.0 Å². The molecule has 8 heavy (non-hydrogen) atoms. The van der Waals surface area contributed by atoms with Gasteiger partial charge in [0.25, 0.3) is 0 Å². The van der Waals surface area contributed by atoms with E-state index in [2.05, 4.69) is 18.8 Å². The number of nitrogens with one attached hydrogen (secondary N) is 1. The molecule has 1 aliphatic heterocycles. The van der Waals surface area contributed by atoms with E-state index in [4.69, 9.17) is 0 Å². The van der Waals surface area contributed by atoms with Gasteiger partial charge in [-0.1, -0.05) is 19.9 Å². The molecule has 1 heterocycles. The van der Waals surface area contributed by atoms with E-state index < -0.39 is 0 Å². The van der Waals surface area contributed by atoms with E-state index in [0.29, 0.717) is 6.04 Å². The minimum absolute atomic E-state index is 0.653. The Bertz CT molecular complexity index is 96.6. The first-order chi connectivity index (χ1) is 3.84. The summed E-state index contributed by atoms with van der Waals surface area (Å²) in [4.78, 5) is 0. The second-order valence-corrected chi connectivity index (χ2v) is 2.38. The maximum Gasteiger partial charge on any atom is 0.0292 e. The molecular weight excluding hydrogens is 98.1 g/mol. The van der Waals surface area contributed by atoms with Crippen molar-refractivity contribution in [3.8, 4) is 0 Å². The Morgan fingerprint density at radius 3 is 2.75 bits per heavy atom. The summed E-state index contributed by atoms with van der Waals surface area (Å²) in [7, 11) is 0. The zero-order valence-electron chi connectivity index (χ0n) is 5.41. The molecule has 0 aromatic rings. The second kappa shape index (κ2) is 2.31. The fourth-order valence-electron chi connectivity index (χ4n) is 0.986. The minimum Gasteiger partial charge on any atom is -0.306 e. The van der Waals surface area contributed by atoms with Crippen molar-refractivity contribution in [3.05, 3.63) is 12.2 Å². The molecule has 1 saturated heterocycles. The molecule has 1 heteroatoms. The summed E-state index contributed by atoms with van der Waals surface area (Å²) in [6, 6.07) is 0.653. The lowest BCUT2D eigenvalue weighted by molar-refractivity contribution is 0.459. The van der Waals surface area contributed by atoms with E-state index in [0.717, 1.165) is 6.54 Å². The molecule has 0 amide bonds. The summed E-state index contributed by atoms with van der Waals surface area (Å²) < 4.78 is 0. The molecule has 0 aromatic carbocycles. The normalized spacial score (nSPS) is 27.6. The Kier molecular flexibility index (Phi) is 1.69. The van der Waals surface area contributed by atoms with Gasteiger partial charge in [0.2, 0.25) is 0 Å². The van der Waals surface area contributed by atoms with Crippen LogP contribution < -0.4 is 5.32 Å². The zero-order chi connectivity index (χ0) is 5.98. The van der Waals surface area contributed by atoms with Gasteiger partial charge in [0, 0.05) is 12.6 Å². The van der Waals surface area contributed by atoms with Gasteiger partial charge < -0.3 is 5.32 Å². The van der Waals surface area contributed by atoms with E-state index in [9.17, 15) is 0 Å². The number of rotatable bonds is 2. The largest absolute Gasteiger partial charge is 0.306 e. The Morgan fingerprint density at radius 2 is 2.62 bits per heavy atom. The summed E-state index contributed by atoms with van der Waals surface area (Å²) >= 11 is 0. The van der Waals surface area contributed by atoms with Crippen LogP contribution in [0.1, 0.15) is 19.8 Å². The highest BCUT2D eigenvalue weighted by Gasteiger charge is 2.18. The Morgan fingerprint density at radius 1 is 1.88 bits per heavy atom. The Labute approximate surface area is 50.8 Å². The van der Waals surface area contributed by atoms with Gasteiger partial charge in [-0.25, -0.2) is 0 Å². The Balaban J connectivity index is 2.17. The first-order valence-corrected chi connectivity index (χ1v) is 3.25. The van der Waals surface area contributed by atoms with Crippen LogP contribution in [-0.2, 0) is 0 Å². The first kappa shape index (κ1) is 5.83. The lowest BCUT2D eigenvalue weighted by atomic mass is 9.97. The molecule has 0 radical (unpaired) electrons. The molecule has 0 aliphatic carbocycles. The summed E-state index contributed by atoms with van der Waals surface area (Å²) in [6.07, 6.45) is 2.52. The lowest BCUT2D eigenvalue weighted by Crippen LogP contribution is -2.45. The van der Waals surface area contributed by atoms with Gasteiger partial charge in [-0.15, -0.1) is 0 Å². The van der Waals surface area contributed by atoms with Crippen molar-refractivity contribution in [2.45, 2.75) is 25.8 Å². The topological polar surface area (TPSA) is 12.0 Å². The standard InChI is InChI=1S/C7H13N/c1-3-4-7-6(2)5-8-7/h7-8H,2-5H2,1H3. The maximum absolute atomic E-state index is 3.90. The molecule has 0 bridgehead atoms. The third kappa shape index (κ3) is 0.920. The quantitative estimate of drug-likeness (QED) is 0.530. The highest BCUT2D eigenvalue weighted by molar-refractivity contribution is 5.16. The predicted octanol–water partition coefficient (Wildman–Crippen LogP) is 1.31. The molecule has 1 unspecified atom stereocenters. The van der Waals surface area contributed by atoms with Crippen molar-refractivity contribution in [2.24, 2.45) is 0 Å². The average Bonchev–Trinajstić information content (AvgIpc) is 1.79. The van der Waals surface area contributed by atoms with Crippen molar-refractivity contribution in [3.63, 3.8) is 0 Å². The molecule has 0 spiro atoms. The van der Waals surface area contributed by atoms with Crippen molar-refractivity contribution in [2.75, 3.05) is 6.54 Å². The summed E-state index contributed by atoms with van der Waals surface area (Å²) in [5.41, 5.74) is 1.38. The molecule has 1 nitrogen and oxygen atoms in total. The molecule has 1 aliphatic rings. The minimum atomic E-state index is 0.653. The third-order valence-electron chi connectivity index (χ3n) is 1.65. The lowest BCUT2D eigenvalue weighted by Gasteiger charge is -2.30.